The lowest BCUT2D eigenvalue weighted by Crippen LogP contribution is -2.25. The summed E-state index contributed by atoms with van der Waals surface area (Å²) in [5, 5.41) is 3.75. The number of amides is 1. The maximum Gasteiger partial charge on any atom is 0.264 e. The minimum atomic E-state index is -4.46. The van der Waals surface area contributed by atoms with Crippen LogP contribution >= 0.6 is 11.6 Å². The van der Waals surface area contributed by atoms with E-state index in [0.717, 1.165) is 12.1 Å². The molecular formula is C32H28ClF2N5O5S. The highest BCUT2D eigenvalue weighted by molar-refractivity contribution is 7.92. The molecule has 1 amide bonds. The fourth-order valence-electron chi connectivity index (χ4n) is 4.72. The second kappa shape index (κ2) is 13.6. The van der Waals surface area contributed by atoms with Gasteiger partial charge in [0.15, 0.2) is 0 Å². The van der Waals surface area contributed by atoms with E-state index in [1.807, 2.05) is 12.1 Å². The number of pyridine rings is 2. The molecule has 0 unspecified atom stereocenters. The lowest BCUT2D eigenvalue weighted by atomic mass is 10.00. The third-order valence-electron chi connectivity index (χ3n) is 6.99. The van der Waals surface area contributed by atoms with Gasteiger partial charge in [-0.3, -0.25) is 9.52 Å². The molecule has 238 valence electrons. The summed E-state index contributed by atoms with van der Waals surface area (Å²) in [6, 6.07) is 15.8. The van der Waals surface area contributed by atoms with Crippen molar-refractivity contribution in [2.75, 3.05) is 37.8 Å². The number of benzene rings is 3. The minimum Gasteiger partial charge on any atom is -0.480 e. The van der Waals surface area contributed by atoms with E-state index in [2.05, 4.69) is 20.0 Å². The highest BCUT2D eigenvalue weighted by Gasteiger charge is 2.22. The Balaban J connectivity index is 1.46. The van der Waals surface area contributed by atoms with Gasteiger partial charge in [0.05, 0.1) is 23.2 Å². The number of nitrogens with two attached hydrogens (primary N) is 1. The van der Waals surface area contributed by atoms with Crippen molar-refractivity contribution in [3.05, 3.63) is 95.1 Å². The van der Waals surface area contributed by atoms with Crippen LogP contribution in [0.1, 0.15) is 16.8 Å². The molecule has 2 aromatic heterocycles. The minimum absolute atomic E-state index is 0.0580. The van der Waals surface area contributed by atoms with E-state index in [-0.39, 0.29) is 28.3 Å². The largest absolute Gasteiger partial charge is 0.480 e. The predicted octanol–water partition coefficient (Wildman–Crippen LogP) is 6.05. The molecule has 0 bridgehead atoms. The van der Waals surface area contributed by atoms with Gasteiger partial charge in [-0.25, -0.2) is 27.2 Å². The Labute approximate surface area is 268 Å². The lowest BCUT2D eigenvalue weighted by Gasteiger charge is -2.14. The number of rotatable bonds is 11. The van der Waals surface area contributed by atoms with Crippen LogP contribution in [0.3, 0.4) is 0 Å². The Morgan fingerprint density at radius 3 is 2.48 bits per heavy atom. The molecule has 0 spiro atoms. The topological polar surface area (TPSA) is 146 Å². The number of aromatic nitrogens is 2. The van der Waals surface area contributed by atoms with Crippen molar-refractivity contribution in [1.29, 1.82) is 0 Å². The molecule has 14 heteroatoms. The summed E-state index contributed by atoms with van der Waals surface area (Å²) in [6.45, 7) is 0.967. The van der Waals surface area contributed by atoms with Crippen LogP contribution in [0.5, 0.6) is 5.88 Å². The van der Waals surface area contributed by atoms with Gasteiger partial charge in [-0.2, -0.15) is 0 Å². The fourth-order valence-corrected chi connectivity index (χ4v) is 6.10. The number of fused-ring (bicyclic) bond motifs is 1. The van der Waals surface area contributed by atoms with Crippen molar-refractivity contribution in [1.82, 2.24) is 15.3 Å². The number of carbonyl (C=O) groups excluding carboxylic acids is 1. The van der Waals surface area contributed by atoms with Crippen molar-refractivity contribution in [2.45, 2.75) is 11.3 Å². The molecular weight excluding hydrogens is 640 g/mol. The normalized spacial score (nSPS) is 11.4. The standard InChI is InChI=1S/C32H28ClF2N5O5S/c1-44-11-3-10-37-31(41)23-7-4-19(14-25(23)33)24-13-20-12-18(5-8-27(20)39-30(24)36)21-15-28(32(45-2)38-17-21)40-46(42,43)29-9-6-22(34)16-26(29)35/h4-9,12-17,40H,3,10-11H2,1-2H3,(H2,36,39)(H,37,41). The fraction of sp³-hybridized carbons (Fsp3) is 0.156. The van der Waals surface area contributed by atoms with E-state index in [9.17, 15) is 22.0 Å². The number of hydrogen-bond acceptors (Lipinski definition) is 8. The highest BCUT2D eigenvalue weighted by atomic mass is 35.5. The van der Waals surface area contributed by atoms with Crippen LogP contribution in [0, 0.1) is 11.6 Å². The zero-order valence-corrected chi connectivity index (χ0v) is 26.2. The summed E-state index contributed by atoms with van der Waals surface area (Å²) < 4.78 is 66.1. The van der Waals surface area contributed by atoms with Gasteiger partial charge in [-0.15, -0.1) is 0 Å². The first-order valence-electron chi connectivity index (χ1n) is 13.8. The highest BCUT2D eigenvalue weighted by Crippen LogP contribution is 2.35. The Morgan fingerprint density at radius 2 is 1.76 bits per heavy atom. The van der Waals surface area contributed by atoms with Crippen molar-refractivity contribution < 1.29 is 31.5 Å². The first kappa shape index (κ1) is 32.5. The second-order valence-corrected chi connectivity index (χ2v) is 12.1. The number of hydrogen-bond donors (Lipinski definition) is 3. The first-order valence-corrected chi connectivity index (χ1v) is 15.7. The van der Waals surface area contributed by atoms with E-state index < -0.39 is 26.6 Å². The maximum atomic E-state index is 14.3. The number of anilines is 2. The number of nitrogens with zero attached hydrogens (tertiary/aromatic N) is 2. The number of sulfonamides is 1. The van der Waals surface area contributed by atoms with Crippen molar-refractivity contribution in [3.8, 4) is 28.1 Å². The summed E-state index contributed by atoms with van der Waals surface area (Å²) >= 11 is 6.48. The third-order valence-corrected chi connectivity index (χ3v) is 8.70. The predicted molar refractivity (Wildman–Crippen MR) is 172 cm³/mol. The Morgan fingerprint density at radius 1 is 0.978 bits per heavy atom. The lowest BCUT2D eigenvalue weighted by molar-refractivity contribution is 0.0948. The van der Waals surface area contributed by atoms with E-state index in [1.54, 1.807) is 37.4 Å². The molecule has 0 atom stereocenters. The second-order valence-electron chi connectivity index (χ2n) is 10.1. The molecule has 10 nitrogen and oxygen atoms in total. The van der Waals surface area contributed by atoms with Gasteiger partial charge in [0.25, 0.3) is 15.9 Å². The number of methoxy groups -OCH3 is 2. The summed E-state index contributed by atoms with van der Waals surface area (Å²) in [7, 11) is -1.57. The molecule has 0 aliphatic rings. The molecule has 4 N–H and O–H groups in total. The van der Waals surface area contributed by atoms with Crippen LogP contribution in [0.15, 0.2) is 77.8 Å². The van der Waals surface area contributed by atoms with E-state index in [4.69, 9.17) is 26.8 Å². The summed E-state index contributed by atoms with van der Waals surface area (Å²) in [5.41, 5.74) is 9.54. The average molecular weight is 668 g/mol. The van der Waals surface area contributed by atoms with E-state index in [1.165, 1.54) is 19.4 Å². The number of nitrogens with one attached hydrogen (secondary N) is 2. The molecule has 3 aromatic carbocycles. The van der Waals surface area contributed by atoms with Crippen LogP contribution in [0.25, 0.3) is 33.2 Å². The van der Waals surface area contributed by atoms with Crippen LogP contribution in [0.2, 0.25) is 5.02 Å². The van der Waals surface area contributed by atoms with Crippen molar-refractivity contribution in [2.24, 2.45) is 0 Å². The Bertz CT molecular complexity index is 2060. The van der Waals surface area contributed by atoms with E-state index >= 15 is 0 Å². The van der Waals surface area contributed by atoms with Gasteiger partial charge < -0.3 is 20.5 Å². The summed E-state index contributed by atoms with van der Waals surface area (Å²) in [5.74, 6) is -2.27. The van der Waals surface area contributed by atoms with E-state index in [0.29, 0.717) is 64.4 Å². The van der Waals surface area contributed by atoms with Gasteiger partial charge in [0, 0.05) is 49.0 Å². The van der Waals surface area contributed by atoms with Gasteiger partial charge in [0.2, 0.25) is 5.88 Å². The monoisotopic (exact) mass is 667 g/mol. The smallest absolute Gasteiger partial charge is 0.264 e. The van der Waals surface area contributed by atoms with Crippen molar-refractivity contribution in [3.63, 3.8) is 0 Å². The molecule has 0 saturated heterocycles. The molecule has 0 aliphatic carbocycles. The maximum absolute atomic E-state index is 14.3. The molecule has 0 saturated carbocycles. The quantitative estimate of drug-likeness (QED) is 0.144. The Hall–Kier alpha value is -4.85. The third kappa shape index (κ3) is 7.01. The zero-order valence-electron chi connectivity index (χ0n) is 24.6. The molecule has 2 heterocycles. The SMILES string of the molecule is COCCCNC(=O)c1ccc(-c2cc3cc(-c4cnc(OC)c(NS(=O)(=O)c5ccc(F)cc5F)c4)ccc3nc2N)cc1Cl. The molecule has 5 rings (SSSR count). The zero-order chi connectivity index (χ0) is 33.0. The van der Waals surface area contributed by atoms with Gasteiger partial charge >= 0.3 is 0 Å². The van der Waals surface area contributed by atoms with Gasteiger partial charge in [-0.05, 0) is 66.1 Å². The number of ether oxygens (including phenoxy) is 2. The molecule has 0 radical (unpaired) electrons. The molecule has 46 heavy (non-hydrogen) atoms. The Kier molecular flexibility index (Phi) is 9.65. The molecule has 5 aromatic rings. The summed E-state index contributed by atoms with van der Waals surface area (Å²) in [6.07, 6.45) is 2.15. The van der Waals surface area contributed by atoms with Crippen LogP contribution in [-0.4, -0.2) is 51.7 Å². The van der Waals surface area contributed by atoms with Gasteiger partial charge in [0.1, 0.15) is 28.0 Å². The number of halogens is 3. The summed E-state index contributed by atoms with van der Waals surface area (Å²) in [4.78, 5) is 20.6. The van der Waals surface area contributed by atoms with Gasteiger partial charge in [-0.1, -0.05) is 23.7 Å². The number of carbonyl (C=O) groups is 1. The first-order chi connectivity index (χ1) is 22.0. The molecule has 0 fully saturated rings. The number of nitrogen functional groups attached to an aromatic ring is 1. The van der Waals surface area contributed by atoms with Crippen LogP contribution in [-0.2, 0) is 14.8 Å². The van der Waals surface area contributed by atoms with Crippen molar-refractivity contribution >= 4 is 49.9 Å². The van der Waals surface area contributed by atoms with Crippen LogP contribution < -0.4 is 20.5 Å². The molecule has 0 aliphatic heterocycles. The average Bonchev–Trinajstić information content (AvgIpc) is 3.02. The van der Waals surface area contributed by atoms with Crippen LogP contribution in [0.4, 0.5) is 20.3 Å².